The maximum absolute atomic E-state index is 6.44. The Balaban J connectivity index is 1.99. The molecule has 0 heterocycles. The van der Waals surface area contributed by atoms with Crippen molar-refractivity contribution in [3.63, 3.8) is 0 Å². The first-order valence-electron chi connectivity index (χ1n) is 8.13. The Labute approximate surface area is 138 Å². The lowest BCUT2D eigenvalue weighted by Gasteiger charge is -2.09. The molecule has 1 rings (SSSR count). The van der Waals surface area contributed by atoms with Crippen molar-refractivity contribution in [1.82, 2.24) is 0 Å². The summed E-state index contributed by atoms with van der Waals surface area (Å²) >= 11 is 9.90. The van der Waals surface area contributed by atoms with E-state index in [2.05, 4.69) is 47.1 Å². The van der Waals surface area contributed by atoms with Gasteiger partial charge in [-0.15, -0.1) is 11.6 Å². The number of hydrogen-bond donors (Lipinski definition) is 0. The van der Waals surface area contributed by atoms with Crippen LogP contribution in [0.3, 0.4) is 0 Å². The lowest BCUT2D eigenvalue weighted by molar-refractivity contribution is 0.554. The fraction of sp³-hybridized carbons (Fsp3) is 0.667. The molecule has 0 N–H and O–H groups in total. The number of hydrogen-bond acceptors (Lipinski definition) is 0. The molecule has 0 aliphatic carbocycles. The van der Waals surface area contributed by atoms with Crippen LogP contribution in [0.2, 0.25) is 0 Å². The Morgan fingerprint density at radius 1 is 0.850 bits per heavy atom. The average Bonchev–Trinajstić information content (AvgIpc) is 2.46. The maximum atomic E-state index is 6.44. The summed E-state index contributed by atoms with van der Waals surface area (Å²) in [5.74, 6) is 0. The van der Waals surface area contributed by atoms with E-state index in [9.17, 15) is 0 Å². The van der Waals surface area contributed by atoms with Gasteiger partial charge in [0.1, 0.15) is 0 Å². The van der Waals surface area contributed by atoms with Gasteiger partial charge >= 0.3 is 0 Å². The highest BCUT2D eigenvalue weighted by Gasteiger charge is 2.06. The number of unbranched alkanes of at least 4 members (excludes halogenated alkanes) is 8. The van der Waals surface area contributed by atoms with E-state index in [4.69, 9.17) is 11.6 Å². The van der Waals surface area contributed by atoms with Crippen LogP contribution in [0.15, 0.2) is 28.7 Å². The zero-order valence-electron chi connectivity index (χ0n) is 12.7. The molecular formula is C18H28BrCl. The first-order chi connectivity index (χ1) is 9.74. The van der Waals surface area contributed by atoms with Crippen LogP contribution < -0.4 is 0 Å². The molecule has 2 heteroatoms. The maximum Gasteiger partial charge on any atom is 0.0585 e. The van der Waals surface area contributed by atoms with E-state index < -0.39 is 0 Å². The monoisotopic (exact) mass is 358 g/mol. The van der Waals surface area contributed by atoms with E-state index in [1.807, 2.05) is 0 Å². The SMILES string of the molecule is CCCCCCCCCCCC(Cl)c1ccc(Br)cc1. The second-order valence-corrected chi connectivity index (χ2v) is 7.08. The number of alkyl halides is 1. The summed E-state index contributed by atoms with van der Waals surface area (Å²) in [6.45, 7) is 2.27. The lowest BCUT2D eigenvalue weighted by atomic mass is 10.0. The van der Waals surface area contributed by atoms with Crippen LogP contribution in [-0.2, 0) is 0 Å². The second-order valence-electron chi connectivity index (χ2n) is 5.64. The third kappa shape index (κ3) is 8.32. The summed E-state index contributed by atoms with van der Waals surface area (Å²) in [6, 6.07) is 8.38. The van der Waals surface area contributed by atoms with E-state index in [0.717, 1.165) is 10.9 Å². The molecule has 0 nitrogen and oxygen atoms in total. The molecule has 1 unspecified atom stereocenters. The summed E-state index contributed by atoms with van der Waals surface area (Å²) in [5.41, 5.74) is 1.24. The summed E-state index contributed by atoms with van der Waals surface area (Å²) < 4.78 is 1.12. The van der Waals surface area contributed by atoms with Crippen LogP contribution in [0.1, 0.15) is 82.1 Å². The first-order valence-corrected chi connectivity index (χ1v) is 9.36. The summed E-state index contributed by atoms with van der Waals surface area (Å²) in [4.78, 5) is 0. The molecule has 0 saturated carbocycles. The number of rotatable bonds is 11. The van der Waals surface area contributed by atoms with Gasteiger partial charge in [-0.3, -0.25) is 0 Å². The van der Waals surface area contributed by atoms with Crippen molar-refractivity contribution in [3.05, 3.63) is 34.3 Å². The molecule has 20 heavy (non-hydrogen) atoms. The van der Waals surface area contributed by atoms with Gasteiger partial charge in [-0.1, -0.05) is 92.8 Å². The zero-order chi connectivity index (χ0) is 14.6. The van der Waals surface area contributed by atoms with Crippen LogP contribution in [0.5, 0.6) is 0 Å². The van der Waals surface area contributed by atoms with Gasteiger partial charge in [0.05, 0.1) is 5.38 Å². The molecule has 0 spiro atoms. The molecule has 0 aliphatic heterocycles. The van der Waals surface area contributed by atoms with Gasteiger partial charge in [0, 0.05) is 4.47 Å². The largest absolute Gasteiger partial charge is 0.118 e. The second kappa shape index (κ2) is 11.6. The molecule has 0 aromatic heterocycles. The molecule has 0 fully saturated rings. The molecule has 0 saturated heterocycles. The van der Waals surface area contributed by atoms with Gasteiger partial charge in [0.25, 0.3) is 0 Å². The summed E-state index contributed by atoms with van der Waals surface area (Å²) in [5, 5.41) is 0.174. The third-order valence-electron chi connectivity index (χ3n) is 3.79. The average molecular weight is 360 g/mol. The Kier molecular flexibility index (Phi) is 10.5. The highest BCUT2D eigenvalue weighted by Crippen LogP contribution is 2.27. The molecule has 0 radical (unpaired) electrons. The van der Waals surface area contributed by atoms with Gasteiger partial charge in [-0.25, -0.2) is 0 Å². The quantitative estimate of drug-likeness (QED) is 0.281. The smallest absolute Gasteiger partial charge is 0.0585 e. The predicted octanol–water partition coefficient (Wildman–Crippen LogP) is 7.65. The van der Waals surface area contributed by atoms with Crippen molar-refractivity contribution >= 4 is 27.5 Å². The number of benzene rings is 1. The van der Waals surface area contributed by atoms with Crippen LogP contribution >= 0.6 is 27.5 Å². The molecular weight excluding hydrogens is 332 g/mol. The van der Waals surface area contributed by atoms with E-state index in [1.165, 1.54) is 63.4 Å². The molecule has 1 aromatic carbocycles. The van der Waals surface area contributed by atoms with Crippen molar-refractivity contribution in [3.8, 4) is 0 Å². The molecule has 114 valence electrons. The van der Waals surface area contributed by atoms with Crippen molar-refractivity contribution in [1.29, 1.82) is 0 Å². The van der Waals surface area contributed by atoms with E-state index >= 15 is 0 Å². The van der Waals surface area contributed by atoms with Crippen molar-refractivity contribution in [2.24, 2.45) is 0 Å². The van der Waals surface area contributed by atoms with Crippen LogP contribution in [-0.4, -0.2) is 0 Å². The van der Waals surface area contributed by atoms with Gasteiger partial charge < -0.3 is 0 Å². The highest BCUT2D eigenvalue weighted by atomic mass is 79.9. The fourth-order valence-corrected chi connectivity index (χ4v) is 3.04. The third-order valence-corrected chi connectivity index (χ3v) is 4.79. The molecule has 1 atom stereocenters. The Morgan fingerprint density at radius 3 is 1.90 bits per heavy atom. The minimum atomic E-state index is 0.174. The van der Waals surface area contributed by atoms with Crippen LogP contribution in [0.25, 0.3) is 0 Å². The van der Waals surface area contributed by atoms with E-state index in [0.29, 0.717) is 0 Å². The zero-order valence-corrected chi connectivity index (χ0v) is 15.1. The predicted molar refractivity (Wildman–Crippen MR) is 94.6 cm³/mol. The first kappa shape index (κ1) is 18.0. The highest BCUT2D eigenvalue weighted by molar-refractivity contribution is 9.10. The lowest BCUT2D eigenvalue weighted by Crippen LogP contribution is -1.91. The van der Waals surface area contributed by atoms with Crippen LogP contribution in [0.4, 0.5) is 0 Å². The van der Waals surface area contributed by atoms with Crippen molar-refractivity contribution in [2.75, 3.05) is 0 Å². The van der Waals surface area contributed by atoms with Crippen molar-refractivity contribution < 1.29 is 0 Å². The standard InChI is InChI=1S/C18H28BrCl/c1-2-3-4-5-6-7-8-9-10-11-18(20)16-12-14-17(19)15-13-16/h12-15,18H,2-11H2,1H3. The molecule has 1 aromatic rings. The van der Waals surface area contributed by atoms with E-state index in [-0.39, 0.29) is 5.38 Å². The summed E-state index contributed by atoms with van der Waals surface area (Å²) in [6.07, 6.45) is 13.4. The number of halogens is 2. The Bertz CT molecular complexity index is 334. The minimum Gasteiger partial charge on any atom is -0.118 e. The van der Waals surface area contributed by atoms with Gasteiger partial charge in [-0.05, 0) is 24.1 Å². The Morgan fingerprint density at radius 2 is 1.35 bits per heavy atom. The van der Waals surface area contributed by atoms with E-state index in [1.54, 1.807) is 0 Å². The van der Waals surface area contributed by atoms with Crippen LogP contribution in [0, 0.1) is 0 Å². The Hall–Kier alpha value is -0.0100. The minimum absolute atomic E-state index is 0.174. The van der Waals surface area contributed by atoms with Gasteiger partial charge in [0.15, 0.2) is 0 Å². The molecule has 0 amide bonds. The molecule has 0 aliphatic rings. The van der Waals surface area contributed by atoms with Gasteiger partial charge in [-0.2, -0.15) is 0 Å². The summed E-state index contributed by atoms with van der Waals surface area (Å²) in [7, 11) is 0. The molecule has 0 bridgehead atoms. The topological polar surface area (TPSA) is 0 Å². The van der Waals surface area contributed by atoms with Crippen molar-refractivity contribution in [2.45, 2.75) is 76.5 Å². The fourth-order valence-electron chi connectivity index (χ4n) is 2.47. The normalized spacial score (nSPS) is 12.6. The van der Waals surface area contributed by atoms with Gasteiger partial charge in [0.2, 0.25) is 0 Å².